The monoisotopic (exact) mass is 314 g/mol. The maximum atomic E-state index is 12.3. The van der Waals surface area contributed by atoms with E-state index in [1.54, 1.807) is 24.0 Å². The van der Waals surface area contributed by atoms with E-state index in [0.717, 1.165) is 18.4 Å². The summed E-state index contributed by atoms with van der Waals surface area (Å²) in [6.07, 6.45) is 3.17. The molecule has 6 nitrogen and oxygen atoms in total. The van der Waals surface area contributed by atoms with E-state index in [2.05, 4.69) is 4.98 Å². The Kier molecular flexibility index (Phi) is 4.14. The van der Waals surface area contributed by atoms with Crippen molar-refractivity contribution in [3.05, 3.63) is 53.2 Å². The minimum absolute atomic E-state index is 0.0921. The molecule has 0 spiro atoms. The van der Waals surface area contributed by atoms with Gasteiger partial charge >= 0.3 is 5.97 Å². The van der Waals surface area contributed by atoms with Crippen LogP contribution in [0.15, 0.2) is 34.9 Å². The fourth-order valence-electron chi connectivity index (χ4n) is 2.92. The standard InChI is InChI=1S/C17H18N2O4/c1-11-18-15(10-23-11)16(20)19-7-6-13(9-19)8-12-2-4-14(5-3-12)17(21)22/h2-5,10,13H,6-9H2,1H3,(H,21,22). The van der Waals surface area contributed by atoms with Crippen molar-refractivity contribution < 1.29 is 19.1 Å². The highest BCUT2D eigenvalue weighted by Gasteiger charge is 2.28. The third-order valence-corrected chi connectivity index (χ3v) is 4.14. The van der Waals surface area contributed by atoms with Gasteiger partial charge in [-0.3, -0.25) is 4.79 Å². The summed E-state index contributed by atoms with van der Waals surface area (Å²) in [6, 6.07) is 6.92. The summed E-state index contributed by atoms with van der Waals surface area (Å²) in [5.74, 6) is -0.145. The lowest BCUT2D eigenvalue weighted by Crippen LogP contribution is -2.29. The number of rotatable bonds is 4. The van der Waals surface area contributed by atoms with Gasteiger partial charge < -0.3 is 14.4 Å². The fourth-order valence-corrected chi connectivity index (χ4v) is 2.92. The van der Waals surface area contributed by atoms with Crippen LogP contribution in [-0.2, 0) is 6.42 Å². The van der Waals surface area contributed by atoms with Crippen LogP contribution >= 0.6 is 0 Å². The number of aryl methyl sites for hydroxylation is 1. The first-order valence-electron chi connectivity index (χ1n) is 7.56. The van der Waals surface area contributed by atoms with Crippen LogP contribution in [0.1, 0.15) is 38.7 Å². The molecule has 3 rings (SSSR count). The van der Waals surface area contributed by atoms with Crippen LogP contribution in [0.5, 0.6) is 0 Å². The molecule has 1 fully saturated rings. The summed E-state index contributed by atoms with van der Waals surface area (Å²) in [7, 11) is 0. The molecule has 0 saturated carbocycles. The first kappa shape index (κ1) is 15.3. The van der Waals surface area contributed by atoms with E-state index >= 15 is 0 Å². The predicted octanol–water partition coefficient (Wildman–Crippen LogP) is 2.39. The summed E-state index contributed by atoms with van der Waals surface area (Å²) >= 11 is 0. The number of benzene rings is 1. The molecule has 23 heavy (non-hydrogen) atoms. The highest BCUT2D eigenvalue weighted by Crippen LogP contribution is 2.22. The van der Waals surface area contributed by atoms with Gasteiger partial charge in [0.15, 0.2) is 11.6 Å². The average molecular weight is 314 g/mol. The summed E-state index contributed by atoms with van der Waals surface area (Å²) in [4.78, 5) is 29.0. The molecule has 120 valence electrons. The molecule has 0 radical (unpaired) electrons. The highest BCUT2D eigenvalue weighted by molar-refractivity contribution is 5.92. The van der Waals surface area contributed by atoms with Crippen LogP contribution in [-0.4, -0.2) is 40.0 Å². The van der Waals surface area contributed by atoms with E-state index in [9.17, 15) is 9.59 Å². The van der Waals surface area contributed by atoms with Gasteiger partial charge in [0.25, 0.3) is 5.91 Å². The van der Waals surface area contributed by atoms with E-state index in [1.807, 2.05) is 12.1 Å². The van der Waals surface area contributed by atoms with Gasteiger partial charge in [-0.15, -0.1) is 0 Å². The Labute approximate surface area is 133 Å². The molecule has 1 N–H and O–H groups in total. The van der Waals surface area contributed by atoms with E-state index in [4.69, 9.17) is 9.52 Å². The number of carboxylic acid groups (broad SMARTS) is 1. The Balaban J connectivity index is 1.59. The number of amides is 1. The molecule has 1 amide bonds. The molecule has 0 bridgehead atoms. The second-order valence-electron chi connectivity index (χ2n) is 5.86. The van der Waals surface area contributed by atoms with E-state index in [0.29, 0.717) is 36.2 Å². The lowest BCUT2D eigenvalue weighted by molar-refractivity contribution is 0.0696. The Morgan fingerprint density at radius 1 is 1.35 bits per heavy atom. The number of nitrogens with zero attached hydrogens (tertiary/aromatic N) is 2. The van der Waals surface area contributed by atoms with E-state index in [-0.39, 0.29) is 5.91 Å². The molecule has 1 unspecified atom stereocenters. The quantitative estimate of drug-likeness (QED) is 0.936. The van der Waals surface area contributed by atoms with Crippen LogP contribution < -0.4 is 0 Å². The number of oxazole rings is 1. The Bertz CT molecular complexity index is 720. The summed E-state index contributed by atoms with van der Waals surface area (Å²) < 4.78 is 5.09. The number of carboxylic acids is 1. The molecule has 2 aromatic rings. The van der Waals surface area contributed by atoms with E-state index in [1.165, 1.54) is 6.26 Å². The average Bonchev–Trinajstić information content (AvgIpc) is 3.16. The topological polar surface area (TPSA) is 83.6 Å². The van der Waals surface area contributed by atoms with Crippen LogP contribution in [0.4, 0.5) is 0 Å². The SMILES string of the molecule is Cc1nc(C(=O)N2CCC(Cc3ccc(C(=O)O)cc3)C2)co1. The molecule has 1 aliphatic rings. The number of hydrogen-bond donors (Lipinski definition) is 1. The zero-order valence-electron chi connectivity index (χ0n) is 12.9. The zero-order valence-corrected chi connectivity index (χ0v) is 12.9. The van der Waals surface area contributed by atoms with Crippen molar-refractivity contribution in [3.63, 3.8) is 0 Å². The summed E-state index contributed by atoms with van der Waals surface area (Å²) in [5, 5.41) is 8.91. The molecule has 1 saturated heterocycles. The molecular formula is C17H18N2O4. The number of aromatic carboxylic acids is 1. The van der Waals surface area contributed by atoms with Gasteiger partial charge in [-0.2, -0.15) is 0 Å². The molecule has 1 aromatic heterocycles. The molecule has 1 atom stereocenters. The molecular weight excluding hydrogens is 296 g/mol. The number of hydrogen-bond acceptors (Lipinski definition) is 4. The van der Waals surface area contributed by atoms with Gasteiger partial charge in [0.1, 0.15) is 6.26 Å². The third kappa shape index (κ3) is 3.41. The van der Waals surface area contributed by atoms with Gasteiger partial charge in [0, 0.05) is 20.0 Å². The Morgan fingerprint density at radius 2 is 2.09 bits per heavy atom. The van der Waals surface area contributed by atoms with Gasteiger partial charge in [-0.25, -0.2) is 9.78 Å². The lowest BCUT2D eigenvalue weighted by atomic mass is 9.98. The molecule has 0 aliphatic carbocycles. The second kappa shape index (κ2) is 6.24. The van der Waals surface area contributed by atoms with Crippen molar-refractivity contribution in [2.24, 2.45) is 5.92 Å². The first-order chi connectivity index (χ1) is 11.0. The second-order valence-corrected chi connectivity index (χ2v) is 5.86. The minimum atomic E-state index is -0.919. The van der Waals surface area contributed by atoms with E-state index < -0.39 is 5.97 Å². The summed E-state index contributed by atoms with van der Waals surface area (Å²) in [6.45, 7) is 3.11. The van der Waals surface area contributed by atoms with Crippen molar-refractivity contribution in [1.29, 1.82) is 0 Å². The minimum Gasteiger partial charge on any atom is -0.478 e. The predicted molar refractivity (Wildman–Crippen MR) is 82.4 cm³/mol. The first-order valence-corrected chi connectivity index (χ1v) is 7.56. The molecule has 1 aromatic carbocycles. The van der Waals surface area contributed by atoms with Crippen molar-refractivity contribution in [3.8, 4) is 0 Å². The largest absolute Gasteiger partial charge is 0.478 e. The fraction of sp³-hybridized carbons (Fsp3) is 0.353. The van der Waals surface area contributed by atoms with Crippen molar-refractivity contribution >= 4 is 11.9 Å². The normalized spacial score (nSPS) is 17.4. The highest BCUT2D eigenvalue weighted by atomic mass is 16.4. The van der Waals surface area contributed by atoms with Crippen molar-refractivity contribution in [2.75, 3.05) is 13.1 Å². The molecule has 1 aliphatic heterocycles. The number of aromatic nitrogens is 1. The lowest BCUT2D eigenvalue weighted by Gasteiger charge is -2.15. The number of likely N-dealkylation sites (tertiary alicyclic amines) is 1. The molecule has 2 heterocycles. The van der Waals surface area contributed by atoms with Crippen LogP contribution in [0, 0.1) is 12.8 Å². The Morgan fingerprint density at radius 3 is 2.70 bits per heavy atom. The Hall–Kier alpha value is -2.63. The maximum Gasteiger partial charge on any atom is 0.335 e. The third-order valence-electron chi connectivity index (χ3n) is 4.14. The summed E-state index contributed by atoms with van der Waals surface area (Å²) in [5.41, 5.74) is 1.74. The van der Waals surface area contributed by atoms with Gasteiger partial charge in [0.05, 0.1) is 5.56 Å². The van der Waals surface area contributed by atoms with Gasteiger partial charge in [-0.05, 0) is 36.5 Å². The van der Waals surface area contributed by atoms with Gasteiger partial charge in [0.2, 0.25) is 0 Å². The van der Waals surface area contributed by atoms with Crippen LogP contribution in [0.2, 0.25) is 0 Å². The van der Waals surface area contributed by atoms with Crippen molar-refractivity contribution in [1.82, 2.24) is 9.88 Å². The number of carbonyl (C=O) groups excluding carboxylic acids is 1. The smallest absolute Gasteiger partial charge is 0.335 e. The zero-order chi connectivity index (χ0) is 16.4. The number of carbonyl (C=O) groups is 2. The van der Waals surface area contributed by atoms with Gasteiger partial charge in [-0.1, -0.05) is 12.1 Å². The van der Waals surface area contributed by atoms with Crippen LogP contribution in [0.25, 0.3) is 0 Å². The maximum absolute atomic E-state index is 12.3. The molecule has 6 heteroatoms. The van der Waals surface area contributed by atoms with Crippen LogP contribution in [0.3, 0.4) is 0 Å². The van der Waals surface area contributed by atoms with Crippen molar-refractivity contribution in [2.45, 2.75) is 19.8 Å².